The Morgan fingerprint density at radius 3 is 2.46 bits per heavy atom. The van der Waals surface area contributed by atoms with Gasteiger partial charge in [0.15, 0.2) is 0 Å². The molecule has 1 N–H and O–H groups in total. The van der Waals surface area contributed by atoms with Crippen LogP contribution in [0.5, 0.6) is 0 Å². The van der Waals surface area contributed by atoms with Gasteiger partial charge in [0.2, 0.25) is 0 Å². The van der Waals surface area contributed by atoms with Crippen LogP contribution in [0.25, 0.3) is 0 Å². The molecule has 0 saturated carbocycles. The average molecular weight is 178 g/mol. The van der Waals surface area contributed by atoms with Gasteiger partial charge in [-0.1, -0.05) is 25.1 Å². The second kappa shape index (κ2) is 3.51. The molecule has 0 unspecified atom stereocenters. The van der Waals surface area contributed by atoms with Gasteiger partial charge in [0, 0.05) is 0 Å². The molecule has 0 fully saturated rings. The summed E-state index contributed by atoms with van der Waals surface area (Å²) in [5.74, 6) is 0. The van der Waals surface area contributed by atoms with Crippen molar-refractivity contribution in [1.82, 2.24) is 0 Å². The Labute approximate surface area is 80.4 Å². The number of benzene rings is 1. The molecule has 0 aromatic heterocycles. The van der Waals surface area contributed by atoms with Gasteiger partial charge < -0.3 is 5.11 Å². The topological polar surface area (TPSA) is 20.2 Å². The van der Waals surface area contributed by atoms with E-state index >= 15 is 0 Å². The van der Waals surface area contributed by atoms with E-state index in [9.17, 15) is 5.11 Å². The quantitative estimate of drug-likeness (QED) is 0.738. The van der Waals surface area contributed by atoms with Crippen LogP contribution in [-0.4, -0.2) is 5.11 Å². The zero-order valence-corrected chi connectivity index (χ0v) is 8.89. The highest BCUT2D eigenvalue weighted by molar-refractivity contribution is 5.36. The van der Waals surface area contributed by atoms with Crippen LogP contribution in [0.1, 0.15) is 37.0 Å². The van der Waals surface area contributed by atoms with E-state index in [-0.39, 0.29) is 0 Å². The zero-order chi connectivity index (χ0) is 10.1. The van der Waals surface area contributed by atoms with E-state index in [0.717, 1.165) is 12.0 Å². The smallest absolute Gasteiger partial charge is 0.0868 e. The van der Waals surface area contributed by atoms with Crippen LogP contribution in [0.15, 0.2) is 18.2 Å². The lowest BCUT2D eigenvalue weighted by atomic mass is 9.88. The van der Waals surface area contributed by atoms with Crippen molar-refractivity contribution in [3.05, 3.63) is 34.9 Å². The molecule has 0 aliphatic rings. The van der Waals surface area contributed by atoms with Crippen LogP contribution < -0.4 is 0 Å². The molecule has 0 saturated heterocycles. The predicted octanol–water partition coefficient (Wildman–Crippen LogP) is 2.92. The Kier molecular flexibility index (Phi) is 2.77. The summed E-state index contributed by atoms with van der Waals surface area (Å²) < 4.78 is 0. The minimum atomic E-state index is -0.684. The normalized spacial score (nSPS) is 15.5. The molecule has 13 heavy (non-hydrogen) atoms. The van der Waals surface area contributed by atoms with E-state index in [1.807, 2.05) is 26.0 Å². The van der Waals surface area contributed by atoms with Gasteiger partial charge in [-0.05, 0) is 43.9 Å². The van der Waals surface area contributed by atoms with E-state index in [2.05, 4.69) is 19.9 Å². The molecule has 0 spiro atoms. The molecule has 1 heteroatoms. The lowest BCUT2D eigenvalue weighted by Gasteiger charge is -2.24. The number of rotatable bonds is 2. The molecule has 72 valence electrons. The summed E-state index contributed by atoms with van der Waals surface area (Å²) in [7, 11) is 0. The third kappa shape index (κ3) is 1.92. The average Bonchev–Trinajstić information content (AvgIpc) is 2.09. The maximum Gasteiger partial charge on any atom is 0.0868 e. The fourth-order valence-corrected chi connectivity index (χ4v) is 1.53. The minimum Gasteiger partial charge on any atom is -0.385 e. The zero-order valence-electron chi connectivity index (χ0n) is 8.89. The van der Waals surface area contributed by atoms with Crippen LogP contribution in [0.3, 0.4) is 0 Å². The van der Waals surface area contributed by atoms with Gasteiger partial charge in [-0.2, -0.15) is 0 Å². The molecule has 0 heterocycles. The van der Waals surface area contributed by atoms with Gasteiger partial charge in [0.25, 0.3) is 0 Å². The molecule has 0 aliphatic carbocycles. The monoisotopic (exact) mass is 178 g/mol. The first-order chi connectivity index (χ1) is 5.99. The van der Waals surface area contributed by atoms with Crippen molar-refractivity contribution in [2.75, 3.05) is 0 Å². The SMILES string of the molecule is CC[C@@](C)(O)c1cccc(C)c1C. The van der Waals surface area contributed by atoms with E-state index in [4.69, 9.17) is 0 Å². The lowest BCUT2D eigenvalue weighted by Crippen LogP contribution is -2.21. The Morgan fingerprint density at radius 1 is 1.31 bits per heavy atom. The molecule has 0 amide bonds. The van der Waals surface area contributed by atoms with E-state index < -0.39 is 5.60 Å². The molecule has 1 nitrogen and oxygen atoms in total. The van der Waals surface area contributed by atoms with Crippen LogP contribution in [0.4, 0.5) is 0 Å². The Bertz CT molecular complexity index is 300. The molecule has 1 aromatic carbocycles. The Balaban J connectivity index is 3.22. The summed E-state index contributed by atoms with van der Waals surface area (Å²) in [5.41, 5.74) is 2.81. The molecule has 0 aliphatic heterocycles. The Hall–Kier alpha value is -0.820. The lowest BCUT2D eigenvalue weighted by molar-refractivity contribution is 0.0524. The van der Waals surface area contributed by atoms with E-state index in [0.29, 0.717) is 0 Å². The standard InChI is InChI=1S/C12H18O/c1-5-12(4,13)11-8-6-7-9(2)10(11)3/h6-8,13H,5H2,1-4H3/t12-/m1/s1. The number of aryl methyl sites for hydroxylation is 1. The van der Waals surface area contributed by atoms with Crippen LogP contribution in [0.2, 0.25) is 0 Å². The third-order valence-corrected chi connectivity index (χ3v) is 2.87. The fraction of sp³-hybridized carbons (Fsp3) is 0.500. The number of hydrogen-bond acceptors (Lipinski definition) is 1. The first kappa shape index (κ1) is 10.3. The molecule has 1 atom stereocenters. The highest BCUT2D eigenvalue weighted by Crippen LogP contribution is 2.28. The molecular weight excluding hydrogens is 160 g/mol. The minimum absolute atomic E-state index is 0.684. The fourth-order valence-electron chi connectivity index (χ4n) is 1.53. The van der Waals surface area contributed by atoms with Gasteiger partial charge in [0.1, 0.15) is 0 Å². The highest BCUT2D eigenvalue weighted by Gasteiger charge is 2.22. The van der Waals surface area contributed by atoms with Crippen LogP contribution >= 0.6 is 0 Å². The van der Waals surface area contributed by atoms with Gasteiger partial charge in [-0.3, -0.25) is 0 Å². The third-order valence-electron chi connectivity index (χ3n) is 2.87. The van der Waals surface area contributed by atoms with Crippen molar-refractivity contribution in [3.63, 3.8) is 0 Å². The summed E-state index contributed by atoms with van der Waals surface area (Å²) in [4.78, 5) is 0. The van der Waals surface area contributed by atoms with Gasteiger partial charge in [-0.25, -0.2) is 0 Å². The van der Waals surface area contributed by atoms with Crippen molar-refractivity contribution >= 4 is 0 Å². The van der Waals surface area contributed by atoms with E-state index in [1.54, 1.807) is 0 Å². The molecule has 0 radical (unpaired) electrons. The molecule has 1 aromatic rings. The molecular formula is C12H18O. The maximum atomic E-state index is 10.1. The summed E-state index contributed by atoms with van der Waals surface area (Å²) in [6.45, 7) is 8.01. The van der Waals surface area contributed by atoms with E-state index in [1.165, 1.54) is 11.1 Å². The summed E-state index contributed by atoms with van der Waals surface area (Å²) >= 11 is 0. The van der Waals surface area contributed by atoms with Gasteiger partial charge in [0.05, 0.1) is 5.60 Å². The Morgan fingerprint density at radius 2 is 1.92 bits per heavy atom. The largest absolute Gasteiger partial charge is 0.385 e. The van der Waals surface area contributed by atoms with Crippen molar-refractivity contribution in [1.29, 1.82) is 0 Å². The van der Waals surface area contributed by atoms with Crippen molar-refractivity contribution < 1.29 is 5.11 Å². The second-order valence-corrected chi connectivity index (χ2v) is 3.87. The van der Waals surface area contributed by atoms with Crippen LogP contribution in [0, 0.1) is 13.8 Å². The van der Waals surface area contributed by atoms with Gasteiger partial charge in [-0.15, -0.1) is 0 Å². The van der Waals surface area contributed by atoms with Crippen molar-refractivity contribution in [2.45, 2.75) is 39.7 Å². The maximum absolute atomic E-state index is 10.1. The van der Waals surface area contributed by atoms with Crippen LogP contribution in [-0.2, 0) is 5.60 Å². The summed E-state index contributed by atoms with van der Waals surface area (Å²) in [5, 5.41) is 10.1. The number of aliphatic hydroxyl groups is 1. The van der Waals surface area contributed by atoms with Crippen molar-refractivity contribution in [2.24, 2.45) is 0 Å². The first-order valence-corrected chi connectivity index (χ1v) is 4.78. The first-order valence-electron chi connectivity index (χ1n) is 4.78. The van der Waals surface area contributed by atoms with Gasteiger partial charge >= 0.3 is 0 Å². The summed E-state index contributed by atoms with van der Waals surface area (Å²) in [6.07, 6.45) is 0.747. The molecule has 0 bridgehead atoms. The number of hydrogen-bond donors (Lipinski definition) is 1. The highest BCUT2D eigenvalue weighted by atomic mass is 16.3. The second-order valence-electron chi connectivity index (χ2n) is 3.87. The molecule has 1 rings (SSSR count). The summed E-state index contributed by atoms with van der Waals surface area (Å²) in [6, 6.07) is 6.08. The predicted molar refractivity (Wildman–Crippen MR) is 55.8 cm³/mol. The van der Waals surface area contributed by atoms with Crippen molar-refractivity contribution in [3.8, 4) is 0 Å².